The van der Waals surface area contributed by atoms with Crippen LogP contribution in [0.4, 0.5) is 5.69 Å². The smallest absolute Gasteiger partial charge is 0.337 e. The van der Waals surface area contributed by atoms with Gasteiger partial charge in [-0.15, -0.1) is 0 Å². The molecule has 1 saturated carbocycles. The van der Waals surface area contributed by atoms with Crippen molar-refractivity contribution in [3.05, 3.63) is 29.3 Å². The van der Waals surface area contributed by atoms with E-state index in [1.807, 2.05) is 13.0 Å². The number of aromatic carboxylic acids is 1. The van der Waals surface area contributed by atoms with Crippen LogP contribution in [0.25, 0.3) is 0 Å². The van der Waals surface area contributed by atoms with E-state index in [0.29, 0.717) is 11.6 Å². The Labute approximate surface area is 119 Å². The topological polar surface area (TPSA) is 66.4 Å². The number of hydrogen-bond donors (Lipinski definition) is 2. The summed E-state index contributed by atoms with van der Waals surface area (Å²) in [6, 6.07) is 5.06. The Bertz CT molecular complexity index is 516. The molecule has 1 aromatic carbocycles. The number of rotatable bonds is 3. The quantitative estimate of drug-likeness (QED) is 0.887. The van der Waals surface area contributed by atoms with Crippen LogP contribution in [0.2, 0.25) is 0 Å². The lowest BCUT2D eigenvalue weighted by molar-refractivity contribution is -0.121. The van der Waals surface area contributed by atoms with Gasteiger partial charge in [-0.1, -0.05) is 18.6 Å². The molecule has 4 nitrogen and oxygen atoms in total. The number of carboxylic acid groups (broad SMARTS) is 1. The number of aryl methyl sites for hydroxylation is 1. The first-order valence-electron chi connectivity index (χ1n) is 7.12. The maximum atomic E-state index is 12.2. The van der Waals surface area contributed by atoms with Crippen molar-refractivity contribution in [1.82, 2.24) is 0 Å². The van der Waals surface area contributed by atoms with Crippen molar-refractivity contribution in [3.63, 3.8) is 0 Å². The van der Waals surface area contributed by atoms with Crippen molar-refractivity contribution in [1.29, 1.82) is 0 Å². The van der Waals surface area contributed by atoms with Crippen LogP contribution >= 0.6 is 0 Å². The number of amides is 1. The number of carbonyl (C=O) groups is 2. The monoisotopic (exact) mass is 275 g/mol. The molecule has 0 heterocycles. The fourth-order valence-corrected chi connectivity index (χ4v) is 2.70. The molecule has 0 aliphatic heterocycles. The molecule has 4 heteroatoms. The first-order chi connectivity index (χ1) is 9.47. The minimum absolute atomic E-state index is 0.00847. The molecule has 2 rings (SSSR count). The molecule has 1 aliphatic rings. The normalized spacial score (nSPS) is 22.3. The Morgan fingerprint density at radius 3 is 2.45 bits per heavy atom. The van der Waals surface area contributed by atoms with Gasteiger partial charge in [-0.25, -0.2) is 4.79 Å². The number of benzene rings is 1. The van der Waals surface area contributed by atoms with Gasteiger partial charge in [-0.3, -0.25) is 4.79 Å². The van der Waals surface area contributed by atoms with Crippen LogP contribution < -0.4 is 5.32 Å². The summed E-state index contributed by atoms with van der Waals surface area (Å²) in [6.07, 6.45) is 3.91. The highest BCUT2D eigenvalue weighted by Gasteiger charge is 2.25. The van der Waals surface area contributed by atoms with Crippen LogP contribution in [0.3, 0.4) is 0 Å². The Morgan fingerprint density at radius 1 is 1.20 bits per heavy atom. The highest BCUT2D eigenvalue weighted by Crippen LogP contribution is 2.29. The van der Waals surface area contributed by atoms with E-state index in [1.54, 1.807) is 12.1 Å². The van der Waals surface area contributed by atoms with Crippen molar-refractivity contribution in [2.45, 2.75) is 39.5 Å². The molecule has 1 fully saturated rings. The van der Waals surface area contributed by atoms with E-state index < -0.39 is 5.97 Å². The van der Waals surface area contributed by atoms with E-state index in [-0.39, 0.29) is 17.4 Å². The molecule has 1 aromatic rings. The Morgan fingerprint density at radius 2 is 1.85 bits per heavy atom. The predicted octanol–water partition coefficient (Wildman–Crippen LogP) is 3.46. The average molecular weight is 275 g/mol. The van der Waals surface area contributed by atoms with Gasteiger partial charge < -0.3 is 10.4 Å². The molecule has 0 atom stereocenters. The van der Waals surface area contributed by atoms with E-state index in [9.17, 15) is 14.7 Å². The lowest BCUT2D eigenvalue weighted by atomic mass is 9.82. The predicted molar refractivity (Wildman–Crippen MR) is 77.9 cm³/mol. The van der Waals surface area contributed by atoms with Gasteiger partial charge >= 0.3 is 5.97 Å². The molecule has 20 heavy (non-hydrogen) atoms. The molecular formula is C16H21NO3. The van der Waals surface area contributed by atoms with E-state index in [0.717, 1.165) is 31.2 Å². The van der Waals surface area contributed by atoms with Gasteiger partial charge in [0.15, 0.2) is 0 Å². The maximum absolute atomic E-state index is 12.2. The zero-order chi connectivity index (χ0) is 14.7. The fraction of sp³-hybridized carbons (Fsp3) is 0.500. The Kier molecular flexibility index (Phi) is 4.42. The summed E-state index contributed by atoms with van der Waals surface area (Å²) in [6.45, 7) is 4.04. The second-order valence-electron chi connectivity index (χ2n) is 5.80. The van der Waals surface area contributed by atoms with Crippen LogP contribution in [-0.2, 0) is 4.79 Å². The number of carbonyl (C=O) groups excluding carboxylic acids is 1. The fourth-order valence-electron chi connectivity index (χ4n) is 2.70. The third-order valence-corrected chi connectivity index (χ3v) is 4.05. The SMILES string of the molecule is Cc1ccc(NC(=O)C2CCC(C)CC2)c(C(=O)O)c1. The van der Waals surface area contributed by atoms with Gasteiger partial charge in [0.2, 0.25) is 5.91 Å². The van der Waals surface area contributed by atoms with E-state index >= 15 is 0 Å². The standard InChI is InChI=1S/C16H21NO3/c1-10-3-6-12(7-4-10)15(18)17-14-8-5-11(2)9-13(14)16(19)20/h5,8-10,12H,3-4,6-7H2,1-2H3,(H,17,18)(H,19,20). The van der Waals surface area contributed by atoms with Crippen molar-refractivity contribution in [2.75, 3.05) is 5.32 Å². The molecule has 108 valence electrons. The largest absolute Gasteiger partial charge is 0.478 e. The summed E-state index contributed by atoms with van der Waals surface area (Å²) in [5.74, 6) is -0.369. The average Bonchev–Trinajstić information content (AvgIpc) is 2.41. The molecule has 0 bridgehead atoms. The van der Waals surface area contributed by atoms with Gasteiger partial charge in [0.05, 0.1) is 11.3 Å². The summed E-state index contributed by atoms with van der Waals surface area (Å²) >= 11 is 0. The van der Waals surface area contributed by atoms with Crippen molar-refractivity contribution in [3.8, 4) is 0 Å². The first-order valence-corrected chi connectivity index (χ1v) is 7.12. The lowest BCUT2D eigenvalue weighted by Crippen LogP contribution is -2.27. The third kappa shape index (κ3) is 3.38. The van der Waals surface area contributed by atoms with Crippen LogP contribution in [0.15, 0.2) is 18.2 Å². The Hall–Kier alpha value is -1.84. The van der Waals surface area contributed by atoms with Crippen molar-refractivity contribution in [2.24, 2.45) is 11.8 Å². The van der Waals surface area contributed by atoms with Crippen molar-refractivity contribution >= 4 is 17.6 Å². The molecule has 0 saturated heterocycles. The van der Waals surface area contributed by atoms with Crippen molar-refractivity contribution < 1.29 is 14.7 Å². The van der Waals surface area contributed by atoms with Gasteiger partial charge in [-0.2, -0.15) is 0 Å². The number of hydrogen-bond acceptors (Lipinski definition) is 2. The molecule has 0 spiro atoms. The molecule has 1 amide bonds. The van der Waals surface area contributed by atoms with Crippen LogP contribution in [-0.4, -0.2) is 17.0 Å². The molecular weight excluding hydrogens is 254 g/mol. The zero-order valence-electron chi connectivity index (χ0n) is 12.0. The van der Waals surface area contributed by atoms with Gasteiger partial charge in [0.1, 0.15) is 0 Å². The van der Waals surface area contributed by atoms with Crippen LogP contribution in [0, 0.1) is 18.8 Å². The Balaban J connectivity index is 2.10. The first kappa shape index (κ1) is 14.6. The lowest BCUT2D eigenvalue weighted by Gasteiger charge is -2.25. The second kappa shape index (κ2) is 6.07. The van der Waals surface area contributed by atoms with Gasteiger partial charge in [-0.05, 0) is 50.7 Å². The van der Waals surface area contributed by atoms with Gasteiger partial charge in [0, 0.05) is 5.92 Å². The van der Waals surface area contributed by atoms with Crippen LogP contribution in [0.1, 0.15) is 48.5 Å². The zero-order valence-corrected chi connectivity index (χ0v) is 12.0. The highest BCUT2D eigenvalue weighted by molar-refractivity contribution is 6.01. The third-order valence-electron chi connectivity index (χ3n) is 4.05. The summed E-state index contributed by atoms with van der Waals surface area (Å²) in [5.41, 5.74) is 1.42. The number of nitrogens with one attached hydrogen (secondary N) is 1. The molecule has 0 aromatic heterocycles. The number of anilines is 1. The summed E-state index contributed by atoms with van der Waals surface area (Å²) in [4.78, 5) is 23.5. The molecule has 2 N–H and O–H groups in total. The van der Waals surface area contributed by atoms with E-state index in [2.05, 4.69) is 12.2 Å². The minimum atomic E-state index is -1.01. The molecule has 0 radical (unpaired) electrons. The molecule has 0 unspecified atom stereocenters. The maximum Gasteiger partial charge on any atom is 0.337 e. The molecule has 1 aliphatic carbocycles. The highest BCUT2D eigenvalue weighted by atomic mass is 16.4. The van der Waals surface area contributed by atoms with E-state index in [4.69, 9.17) is 0 Å². The van der Waals surface area contributed by atoms with Gasteiger partial charge in [0.25, 0.3) is 0 Å². The summed E-state index contributed by atoms with van der Waals surface area (Å²) in [7, 11) is 0. The minimum Gasteiger partial charge on any atom is -0.478 e. The van der Waals surface area contributed by atoms with Crippen LogP contribution in [0.5, 0.6) is 0 Å². The van der Waals surface area contributed by atoms with E-state index in [1.165, 1.54) is 0 Å². The summed E-state index contributed by atoms with van der Waals surface area (Å²) in [5, 5.41) is 12.0. The second-order valence-corrected chi connectivity index (χ2v) is 5.80. The summed E-state index contributed by atoms with van der Waals surface area (Å²) < 4.78 is 0. The number of carboxylic acids is 1.